The molecule has 0 spiro atoms. The van der Waals surface area contributed by atoms with Gasteiger partial charge in [-0.05, 0) is 50.0 Å². The van der Waals surface area contributed by atoms with Gasteiger partial charge in [0.15, 0.2) is 11.5 Å². The number of nitrogens with zero attached hydrogens (tertiary/aromatic N) is 6. The number of rotatable bonds is 8. The van der Waals surface area contributed by atoms with E-state index in [1.54, 1.807) is 36.9 Å². The van der Waals surface area contributed by atoms with E-state index >= 15 is 0 Å². The van der Waals surface area contributed by atoms with E-state index in [0.29, 0.717) is 69.6 Å². The van der Waals surface area contributed by atoms with Crippen LogP contribution in [0.2, 0.25) is 0 Å². The van der Waals surface area contributed by atoms with E-state index in [9.17, 15) is 9.18 Å². The molecular formula is C32H32FN9O2. The summed E-state index contributed by atoms with van der Waals surface area (Å²) in [5.74, 6) is 0.419. The van der Waals surface area contributed by atoms with Gasteiger partial charge in [-0.3, -0.25) is 19.9 Å². The van der Waals surface area contributed by atoms with Crippen LogP contribution in [0.4, 0.5) is 10.1 Å². The molecule has 0 saturated heterocycles. The summed E-state index contributed by atoms with van der Waals surface area (Å²) < 4.78 is 20.4. The summed E-state index contributed by atoms with van der Waals surface area (Å²) in [4.78, 5) is 36.0. The molecule has 5 heterocycles. The minimum absolute atomic E-state index is 0.110. The predicted molar refractivity (Wildman–Crippen MR) is 168 cm³/mol. The van der Waals surface area contributed by atoms with Gasteiger partial charge in [0.1, 0.15) is 29.4 Å². The van der Waals surface area contributed by atoms with E-state index in [-0.39, 0.29) is 5.91 Å². The van der Waals surface area contributed by atoms with Crippen LogP contribution in [-0.4, -0.2) is 73.2 Å². The Bertz CT molecular complexity index is 1990. The van der Waals surface area contributed by atoms with Crippen LogP contribution < -0.4 is 10.1 Å². The maximum atomic E-state index is 14.6. The highest BCUT2D eigenvalue weighted by Gasteiger charge is 2.22. The Kier molecular flexibility index (Phi) is 7.52. The lowest BCUT2D eigenvalue weighted by atomic mass is 9.95. The number of benzene rings is 1. The monoisotopic (exact) mass is 593 g/mol. The van der Waals surface area contributed by atoms with Crippen LogP contribution in [0, 0.1) is 11.2 Å². The zero-order chi connectivity index (χ0) is 31.0. The van der Waals surface area contributed by atoms with Gasteiger partial charge >= 0.3 is 0 Å². The summed E-state index contributed by atoms with van der Waals surface area (Å²) in [5, 5.41) is 11.2. The first kappa shape index (κ1) is 28.9. The molecule has 0 aliphatic rings. The normalized spacial score (nSPS) is 11.9. The second-order valence-corrected chi connectivity index (χ2v) is 11.8. The van der Waals surface area contributed by atoms with E-state index < -0.39 is 11.2 Å². The van der Waals surface area contributed by atoms with E-state index in [4.69, 9.17) is 9.72 Å². The van der Waals surface area contributed by atoms with Crippen LogP contribution in [0.25, 0.3) is 56.0 Å². The van der Waals surface area contributed by atoms with E-state index in [1.807, 2.05) is 51.9 Å². The second kappa shape index (κ2) is 11.5. The Morgan fingerprint density at radius 3 is 2.68 bits per heavy atom. The number of pyridine rings is 3. The molecule has 0 fully saturated rings. The average Bonchev–Trinajstić information content (AvgIpc) is 3.60. The smallest absolute Gasteiger partial charge is 0.229 e. The molecule has 0 atom stereocenters. The number of likely N-dealkylation sites (N-methyl/N-ethyl adjacent to an activating group) is 1. The molecule has 0 unspecified atom stereocenters. The van der Waals surface area contributed by atoms with Crippen LogP contribution >= 0.6 is 0 Å². The van der Waals surface area contributed by atoms with Crippen LogP contribution in [-0.2, 0) is 4.79 Å². The van der Waals surface area contributed by atoms with Gasteiger partial charge in [0.25, 0.3) is 0 Å². The number of hydrogen-bond donors (Lipinski definition) is 3. The molecule has 6 rings (SSSR count). The highest BCUT2D eigenvalue weighted by molar-refractivity contribution is 5.97. The number of H-pyrrole nitrogens is 2. The summed E-state index contributed by atoms with van der Waals surface area (Å²) in [5.41, 5.74) is 5.14. The quantitative estimate of drug-likeness (QED) is 0.205. The third-order valence-electron chi connectivity index (χ3n) is 7.02. The van der Waals surface area contributed by atoms with Gasteiger partial charge in [0.05, 0.1) is 29.3 Å². The fourth-order valence-electron chi connectivity index (χ4n) is 4.63. The van der Waals surface area contributed by atoms with Gasteiger partial charge in [-0.25, -0.2) is 14.4 Å². The summed E-state index contributed by atoms with van der Waals surface area (Å²) >= 11 is 0. The Balaban J connectivity index is 1.35. The molecule has 1 amide bonds. The van der Waals surface area contributed by atoms with Crippen LogP contribution in [0.15, 0.2) is 61.2 Å². The molecule has 11 nitrogen and oxygen atoms in total. The zero-order valence-corrected chi connectivity index (χ0v) is 25.1. The molecule has 0 radical (unpaired) electrons. The fourth-order valence-corrected chi connectivity index (χ4v) is 4.63. The van der Waals surface area contributed by atoms with Gasteiger partial charge in [0, 0.05) is 46.9 Å². The van der Waals surface area contributed by atoms with Gasteiger partial charge in [-0.2, -0.15) is 5.10 Å². The number of halogens is 1. The van der Waals surface area contributed by atoms with Crippen molar-refractivity contribution in [2.24, 2.45) is 5.41 Å². The molecule has 1 aromatic carbocycles. The lowest BCUT2D eigenvalue weighted by Gasteiger charge is -2.17. The van der Waals surface area contributed by atoms with Crippen molar-refractivity contribution < 1.29 is 13.9 Å². The number of imidazole rings is 1. The molecule has 3 N–H and O–H groups in total. The first-order valence-corrected chi connectivity index (χ1v) is 14.1. The van der Waals surface area contributed by atoms with Gasteiger partial charge in [0.2, 0.25) is 5.91 Å². The van der Waals surface area contributed by atoms with Crippen molar-refractivity contribution in [3.63, 3.8) is 0 Å². The Hall–Kier alpha value is -5.23. The fraction of sp³-hybridized carbons (Fsp3) is 0.250. The van der Waals surface area contributed by atoms with Crippen molar-refractivity contribution in [2.75, 3.05) is 32.6 Å². The van der Waals surface area contributed by atoms with E-state index in [1.165, 1.54) is 12.1 Å². The number of ether oxygens (including phenoxy) is 1. The second-order valence-electron chi connectivity index (χ2n) is 11.8. The summed E-state index contributed by atoms with van der Waals surface area (Å²) in [6.07, 6.45) is 6.64. The number of amides is 1. The van der Waals surface area contributed by atoms with Crippen LogP contribution in [0.3, 0.4) is 0 Å². The van der Waals surface area contributed by atoms with E-state index in [0.717, 1.165) is 10.9 Å². The lowest BCUT2D eigenvalue weighted by molar-refractivity contribution is -0.123. The minimum Gasteiger partial charge on any atom is -0.492 e. The first-order chi connectivity index (χ1) is 21.0. The largest absolute Gasteiger partial charge is 0.492 e. The number of anilines is 1. The highest BCUT2D eigenvalue weighted by atomic mass is 19.1. The maximum absolute atomic E-state index is 14.6. The van der Waals surface area contributed by atoms with Crippen molar-refractivity contribution in [1.82, 2.24) is 40.0 Å². The van der Waals surface area contributed by atoms with Crippen LogP contribution in [0.1, 0.15) is 20.8 Å². The van der Waals surface area contributed by atoms with Gasteiger partial charge in [-0.15, -0.1) is 0 Å². The van der Waals surface area contributed by atoms with Crippen molar-refractivity contribution in [3.05, 3.63) is 67.0 Å². The van der Waals surface area contributed by atoms with Gasteiger partial charge < -0.3 is 19.9 Å². The van der Waals surface area contributed by atoms with Crippen molar-refractivity contribution >= 4 is 33.7 Å². The number of nitrogens with one attached hydrogen (secondary N) is 3. The molecule has 12 heteroatoms. The lowest BCUT2D eigenvalue weighted by Crippen LogP contribution is -2.27. The SMILES string of the molecule is CN(C)CCOc1cc(F)cc(-c2ccnc3[nH]c(-c4n[nH]c5cnc(-c6cncc(NC(=O)C(C)(C)C)c6)cc45)nc23)c1. The summed E-state index contributed by atoms with van der Waals surface area (Å²) in [7, 11) is 3.90. The number of hydrogen-bond acceptors (Lipinski definition) is 8. The molecule has 0 bridgehead atoms. The molecule has 44 heavy (non-hydrogen) atoms. The predicted octanol–water partition coefficient (Wildman–Crippen LogP) is 5.69. The number of carbonyl (C=O) groups excluding carboxylic acids is 1. The topological polar surface area (TPSA) is 138 Å². The highest BCUT2D eigenvalue weighted by Crippen LogP contribution is 2.33. The number of aromatic nitrogens is 7. The number of carbonyl (C=O) groups is 1. The minimum atomic E-state index is -0.545. The molecule has 224 valence electrons. The third kappa shape index (κ3) is 5.97. The van der Waals surface area contributed by atoms with Crippen molar-refractivity contribution in [1.29, 1.82) is 0 Å². The zero-order valence-electron chi connectivity index (χ0n) is 25.1. The number of fused-ring (bicyclic) bond motifs is 2. The molecular weight excluding hydrogens is 561 g/mol. The van der Waals surface area contributed by atoms with Gasteiger partial charge in [-0.1, -0.05) is 20.8 Å². The van der Waals surface area contributed by atoms with Crippen LogP contribution in [0.5, 0.6) is 5.75 Å². The van der Waals surface area contributed by atoms with Crippen molar-refractivity contribution in [3.8, 4) is 39.7 Å². The molecule has 0 saturated carbocycles. The molecule has 5 aromatic heterocycles. The standard InChI is InChI=1S/C32H32FN9O2/c1-32(2,3)31(43)37-21-11-19(15-34-16-21)25-14-24-26(17-36-25)40-41-28(24)30-38-27-23(6-7-35-29(27)39-30)18-10-20(33)13-22(12-18)44-9-8-42(4)5/h6-7,10-17H,8-9H2,1-5H3,(H,37,43)(H,40,41)(H,35,38,39). The average molecular weight is 594 g/mol. The third-order valence-corrected chi connectivity index (χ3v) is 7.02. The first-order valence-electron chi connectivity index (χ1n) is 14.1. The molecule has 6 aromatic rings. The Morgan fingerprint density at radius 2 is 1.89 bits per heavy atom. The van der Waals surface area contributed by atoms with E-state index in [2.05, 4.69) is 35.5 Å². The Labute approximate surface area is 252 Å². The molecule has 0 aliphatic carbocycles. The maximum Gasteiger partial charge on any atom is 0.229 e. The summed E-state index contributed by atoms with van der Waals surface area (Å²) in [6.45, 7) is 6.69. The molecule has 0 aliphatic heterocycles. The number of aromatic amines is 2. The Morgan fingerprint density at radius 1 is 1.05 bits per heavy atom. The summed E-state index contributed by atoms with van der Waals surface area (Å²) in [6, 6.07) is 10.2. The van der Waals surface area contributed by atoms with Crippen molar-refractivity contribution in [2.45, 2.75) is 20.8 Å².